The van der Waals surface area contributed by atoms with Crippen molar-refractivity contribution >= 4 is 17.3 Å². The summed E-state index contributed by atoms with van der Waals surface area (Å²) in [5.41, 5.74) is 0.118. The number of thiophene rings is 1. The lowest BCUT2D eigenvalue weighted by Crippen LogP contribution is -2.43. The fourth-order valence-electron chi connectivity index (χ4n) is 3.44. The van der Waals surface area contributed by atoms with Gasteiger partial charge in [-0.05, 0) is 67.3 Å². The first-order chi connectivity index (χ1) is 16.3. The van der Waals surface area contributed by atoms with Crippen molar-refractivity contribution in [3.05, 3.63) is 88.9 Å². The number of nitrogens with zero attached hydrogens (tertiary/aromatic N) is 1. The van der Waals surface area contributed by atoms with Crippen LogP contribution in [0.4, 0.5) is 4.39 Å². The van der Waals surface area contributed by atoms with Gasteiger partial charge in [0.05, 0.1) is 17.2 Å². The molecule has 2 aromatic heterocycles. The predicted molar refractivity (Wildman–Crippen MR) is 127 cm³/mol. The van der Waals surface area contributed by atoms with Crippen molar-refractivity contribution in [2.24, 2.45) is 0 Å². The van der Waals surface area contributed by atoms with Gasteiger partial charge >= 0.3 is 5.97 Å². The lowest BCUT2D eigenvalue weighted by Gasteiger charge is -2.26. The third-order valence-electron chi connectivity index (χ3n) is 5.31. The number of aliphatic carboxylic acids is 1. The lowest BCUT2D eigenvalue weighted by atomic mass is 9.96. The number of benzene rings is 2. The van der Waals surface area contributed by atoms with Crippen LogP contribution in [-0.2, 0) is 17.6 Å². The molecule has 1 N–H and O–H groups in total. The molecule has 0 fully saturated rings. The molecule has 0 saturated heterocycles. The van der Waals surface area contributed by atoms with Gasteiger partial charge in [0.1, 0.15) is 23.1 Å². The number of carbonyl (C=O) groups is 1. The number of ether oxygens (including phenoxy) is 2. The normalized spacial score (nSPS) is 12.8. The van der Waals surface area contributed by atoms with Gasteiger partial charge in [-0.3, -0.25) is 0 Å². The average Bonchev–Trinajstić information content (AvgIpc) is 3.47. The van der Waals surface area contributed by atoms with E-state index in [9.17, 15) is 14.3 Å². The van der Waals surface area contributed by atoms with E-state index in [2.05, 4.69) is 4.98 Å². The summed E-state index contributed by atoms with van der Waals surface area (Å²) < 4.78 is 30.4. The molecular formula is C26H24FNO5S. The number of halogens is 1. The summed E-state index contributed by atoms with van der Waals surface area (Å²) in [5, 5.41) is 11.7. The van der Waals surface area contributed by atoms with Crippen molar-refractivity contribution in [2.75, 3.05) is 6.61 Å². The van der Waals surface area contributed by atoms with Crippen LogP contribution in [0.25, 0.3) is 10.8 Å². The zero-order valence-corrected chi connectivity index (χ0v) is 19.6. The van der Waals surface area contributed by atoms with Gasteiger partial charge in [0.25, 0.3) is 0 Å². The molecule has 176 valence electrons. The summed E-state index contributed by atoms with van der Waals surface area (Å²) in [6.07, 6.45) is 0.731. The van der Waals surface area contributed by atoms with Crippen LogP contribution in [0.3, 0.4) is 0 Å². The number of carboxylic acid groups (broad SMARTS) is 1. The maximum absolute atomic E-state index is 13.1. The zero-order chi connectivity index (χ0) is 24.1. The minimum Gasteiger partial charge on any atom is -0.493 e. The molecule has 1 atom stereocenters. The van der Waals surface area contributed by atoms with Crippen LogP contribution in [0, 0.1) is 12.7 Å². The molecule has 0 spiro atoms. The second-order valence-corrected chi connectivity index (χ2v) is 8.96. The Kier molecular flexibility index (Phi) is 6.98. The topological polar surface area (TPSA) is 81.8 Å². The first-order valence-corrected chi connectivity index (χ1v) is 11.6. The van der Waals surface area contributed by atoms with E-state index in [1.165, 1.54) is 31.2 Å². The summed E-state index contributed by atoms with van der Waals surface area (Å²) in [7, 11) is 0. The largest absolute Gasteiger partial charge is 0.493 e. The highest BCUT2D eigenvalue weighted by atomic mass is 32.1. The van der Waals surface area contributed by atoms with Gasteiger partial charge in [0.15, 0.2) is 0 Å². The third kappa shape index (κ3) is 5.63. The highest BCUT2D eigenvalue weighted by Crippen LogP contribution is 2.27. The number of oxazole rings is 1. The molecule has 0 saturated carbocycles. The smallest absolute Gasteiger partial charge is 0.348 e. The van der Waals surface area contributed by atoms with E-state index in [1.54, 1.807) is 35.6 Å². The molecule has 2 heterocycles. The van der Waals surface area contributed by atoms with Crippen molar-refractivity contribution < 1.29 is 28.2 Å². The molecule has 0 aliphatic heterocycles. The summed E-state index contributed by atoms with van der Waals surface area (Å²) in [6.45, 7) is 3.81. The first kappa shape index (κ1) is 23.5. The third-order valence-corrected chi connectivity index (χ3v) is 6.16. The lowest BCUT2D eigenvalue weighted by molar-refractivity contribution is -0.153. The van der Waals surface area contributed by atoms with Crippen molar-refractivity contribution in [1.82, 2.24) is 4.98 Å². The summed E-state index contributed by atoms with van der Waals surface area (Å²) in [4.78, 5) is 17.5. The summed E-state index contributed by atoms with van der Waals surface area (Å²) >= 11 is 1.58. The van der Waals surface area contributed by atoms with E-state index in [1.807, 2.05) is 24.4 Å². The Balaban J connectivity index is 1.34. The van der Waals surface area contributed by atoms with E-state index >= 15 is 0 Å². The first-order valence-electron chi connectivity index (χ1n) is 10.7. The fraction of sp³-hybridized carbons (Fsp3) is 0.231. The average molecular weight is 482 g/mol. The van der Waals surface area contributed by atoms with Crippen LogP contribution in [-0.4, -0.2) is 28.3 Å². The molecule has 0 aliphatic carbocycles. The van der Waals surface area contributed by atoms with E-state index in [4.69, 9.17) is 13.9 Å². The highest BCUT2D eigenvalue weighted by Gasteiger charge is 2.36. The number of aryl methyl sites for hydroxylation is 1. The van der Waals surface area contributed by atoms with Crippen LogP contribution < -0.4 is 9.47 Å². The number of hydrogen-bond donors (Lipinski definition) is 1. The second kappa shape index (κ2) is 10.1. The van der Waals surface area contributed by atoms with Crippen molar-refractivity contribution in [2.45, 2.75) is 32.3 Å². The number of aromatic nitrogens is 1. The van der Waals surface area contributed by atoms with Crippen molar-refractivity contribution in [3.63, 3.8) is 0 Å². The van der Waals surface area contributed by atoms with Gasteiger partial charge in [-0.2, -0.15) is 0 Å². The SMILES string of the molecule is Cc1oc(-c2cccs2)nc1CCOc1ccc(CC(C)(Oc2ccc(F)cc2)C(=O)O)cc1. The predicted octanol–water partition coefficient (Wildman–Crippen LogP) is 5.94. The molecule has 0 aliphatic rings. The summed E-state index contributed by atoms with van der Waals surface area (Å²) in [6, 6.07) is 16.4. The van der Waals surface area contributed by atoms with Gasteiger partial charge in [-0.25, -0.2) is 14.2 Å². The minimum absolute atomic E-state index is 0.129. The number of rotatable bonds is 10. The molecule has 1 unspecified atom stereocenters. The molecular weight excluding hydrogens is 457 g/mol. The Morgan fingerprint density at radius 1 is 1.12 bits per heavy atom. The van der Waals surface area contributed by atoms with Crippen LogP contribution in [0.2, 0.25) is 0 Å². The molecule has 0 amide bonds. The van der Waals surface area contributed by atoms with Gasteiger partial charge in [-0.1, -0.05) is 18.2 Å². The van der Waals surface area contributed by atoms with E-state index in [0.29, 0.717) is 24.7 Å². The molecule has 0 bridgehead atoms. The Morgan fingerprint density at radius 2 is 1.82 bits per heavy atom. The molecule has 4 aromatic rings. The molecule has 34 heavy (non-hydrogen) atoms. The van der Waals surface area contributed by atoms with Gasteiger partial charge in [0.2, 0.25) is 11.5 Å². The number of carboxylic acids is 1. The maximum atomic E-state index is 13.1. The fourth-order valence-corrected chi connectivity index (χ4v) is 4.09. The Morgan fingerprint density at radius 3 is 2.47 bits per heavy atom. The molecule has 2 aromatic carbocycles. The van der Waals surface area contributed by atoms with E-state index < -0.39 is 17.4 Å². The van der Waals surface area contributed by atoms with E-state index in [0.717, 1.165) is 21.9 Å². The summed E-state index contributed by atoms with van der Waals surface area (Å²) in [5.74, 6) is 0.827. The Labute approximate surface area is 200 Å². The standard InChI is InChI=1S/C26H24FNO5S/c1-17-22(28-24(32-17)23-4-3-15-34-23)13-14-31-20-9-5-18(6-10-20)16-26(2,25(29)30)33-21-11-7-19(27)8-12-21/h3-12,15H,13-14,16H2,1-2H3,(H,29,30). The van der Waals surface area contributed by atoms with Crippen LogP contribution in [0.5, 0.6) is 11.5 Å². The van der Waals surface area contributed by atoms with Crippen LogP contribution >= 0.6 is 11.3 Å². The van der Waals surface area contributed by atoms with Crippen LogP contribution in [0.1, 0.15) is 23.9 Å². The van der Waals surface area contributed by atoms with Gasteiger partial charge < -0.3 is 19.0 Å². The molecule has 0 radical (unpaired) electrons. The van der Waals surface area contributed by atoms with Crippen molar-refractivity contribution in [1.29, 1.82) is 0 Å². The Bertz CT molecular complexity index is 1240. The molecule has 4 rings (SSSR count). The molecule has 6 nitrogen and oxygen atoms in total. The maximum Gasteiger partial charge on any atom is 0.348 e. The monoisotopic (exact) mass is 481 g/mol. The quantitative estimate of drug-likeness (QED) is 0.302. The number of hydrogen-bond acceptors (Lipinski definition) is 6. The van der Waals surface area contributed by atoms with Crippen LogP contribution in [0.15, 0.2) is 70.5 Å². The molecule has 8 heteroatoms. The second-order valence-electron chi connectivity index (χ2n) is 8.01. The minimum atomic E-state index is -1.51. The Hall–Kier alpha value is -3.65. The van der Waals surface area contributed by atoms with Gasteiger partial charge in [0, 0.05) is 12.8 Å². The zero-order valence-electron chi connectivity index (χ0n) is 18.8. The highest BCUT2D eigenvalue weighted by molar-refractivity contribution is 7.13. The van der Waals surface area contributed by atoms with E-state index in [-0.39, 0.29) is 12.2 Å². The van der Waals surface area contributed by atoms with Gasteiger partial charge in [-0.15, -0.1) is 11.3 Å². The van der Waals surface area contributed by atoms with Crippen molar-refractivity contribution in [3.8, 4) is 22.3 Å².